The summed E-state index contributed by atoms with van der Waals surface area (Å²) in [6.45, 7) is 4.10. The van der Waals surface area contributed by atoms with Crippen molar-refractivity contribution in [2.24, 2.45) is 0 Å². The number of H-pyrrole nitrogens is 1. The summed E-state index contributed by atoms with van der Waals surface area (Å²) in [4.78, 5) is 26.1. The van der Waals surface area contributed by atoms with Crippen molar-refractivity contribution in [1.29, 1.82) is 0 Å². The summed E-state index contributed by atoms with van der Waals surface area (Å²) >= 11 is 0. The number of para-hydroxylation sites is 1. The van der Waals surface area contributed by atoms with Gasteiger partial charge in [0.15, 0.2) is 4.90 Å². The lowest BCUT2D eigenvalue weighted by Gasteiger charge is -2.25. The van der Waals surface area contributed by atoms with E-state index in [1.807, 2.05) is 26.0 Å². The summed E-state index contributed by atoms with van der Waals surface area (Å²) in [5.74, 6) is 0. The molecule has 0 aliphatic carbocycles. The van der Waals surface area contributed by atoms with E-state index in [4.69, 9.17) is 4.74 Å². The highest BCUT2D eigenvalue weighted by molar-refractivity contribution is 7.89. The van der Waals surface area contributed by atoms with Gasteiger partial charge in [0.05, 0.1) is 16.5 Å². The Morgan fingerprint density at radius 1 is 1.18 bits per heavy atom. The van der Waals surface area contributed by atoms with E-state index in [9.17, 15) is 23.3 Å². The van der Waals surface area contributed by atoms with Crippen LogP contribution in [0.4, 0.5) is 5.69 Å². The summed E-state index contributed by atoms with van der Waals surface area (Å²) < 4.78 is 34.0. The molecule has 1 atom stereocenters. The van der Waals surface area contributed by atoms with E-state index in [0.717, 1.165) is 33.3 Å². The fourth-order valence-corrected chi connectivity index (χ4v) is 5.76. The van der Waals surface area contributed by atoms with Crippen LogP contribution in [0.25, 0.3) is 10.9 Å². The van der Waals surface area contributed by atoms with E-state index in [1.54, 1.807) is 6.07 Å². The maximum atomic E-state index is 13.6. The van der Waals surface area contributed by atoms with E-state index >= 15 is 0 Å². The molecule has 1 N–H and O–H groups in total. The minimum atomic E-state index is -4.29. The first kappa shape index (κ1) is 23.1. The molecule has 10 heteroatoms. The van der Waals surface area contributed by atoms with Crippen LogP contribution in [0.2, 0.25) is 0 Å². The van der Waals surface area contributed by atoms with Crippen molar-refractivity contribution >= 4 is 26.6 Å². The molecular weight excluding hydrogens is 446 g/mol. The lowest BCUT2D eigenvalue weighted by molar-refractivity contribution is -0.387. The molecule has 174 valence electrons. The summed E-state index contributed by atoms with van der Waals surface area (Å²) in [6, 6.07) is 10.8. The Kier molecular flexibility index (Phi) is 6.33. The molecule has 2 heterocycles. The molecule has 9 nitrogen and oxygen atoms in total. The molecule has 1 aliphatic heterocycles. The Hall–Kier alpha value is -3.08. The van der Waals surface area contributed by atoms with Crippen LogP contribution in [0.15, 0.2) is 52.2 Å². The number of rotatable bonds is 7. The molecule has 1 fully saturated rings. The van der Waals surface area contributed by atoms with Gasteiger partial charge < -0.3 is 9.72 Å². The van der Waals surface area contributed by atoms with Crippen molar-refractivity contribution in [3.8, 4) is 0 Å². The van der Waals surface area contributed by atoms with Gasteiger partial charge in [0.25, 0.3) is 11.2 Å². The maximum Gasteiger partial charge on any atom is 0.289 e. The van der Waals surface area contributed by atoms with Crippen molar-refractivity contribution in [1.82, 2.24) is 9.29 Å². The summed E-state index contributed by atoms with van der Waals surface area (Å²) in [6.07, 6.45) is 1.14. The van der Waals surface area contributed by atoms with Gasteiger partial charge in [0, 0.05) is 36.7 Å². The summed E-state index contributed by atoms with van der Waals surface area (Å²) in [5, 5.41) is 12.3. The fraction of sp³-hybridized carbons (Fsp3) is 0.348. The Labute approximate surface area is 191 Å². The monoisotopic (exact) mass is 471 g/mol. The molecule has 33 heavy (non-hydrogen) atoms. The van der Waals surface area contributed by atoms with Gasteiger partial charge in [-0.1, -0.05) is 24.3 Å². The number of hydrogen-bond donors (Lipinski definition) is 1. The maximum absolute atomic E-state index is 13.6. The average Bonchev–Trinajstić information content (AvgIpc) is 3.30. The molecule has 2 aromatic carbocycles. The smallest absolute Gasteiger partial charge is 0.289 e. The van der Waals surface area contributed by atoms with Gasteiger partial charge in [0.2, 0.25) is 10.0 Å². The zero-order valence-electron chi connectivity index (χ0n) is 18.4. The normalized spacial score (nSPS) is 16.5. The lowest BCUT2D eigenvalue weighted by Crippen LogP contribution is -2.38. The first-order valence-electron chi connectivity index (χ1n) is 10.7. The third-order valence-corrected chi connectivity index (χ3v) is 7.84. The SMILES string of the molecule is Cc1ccc(C)c2[nH]c(=O)c(CN(C[C@H]3CCCO3)S(=O)(=O)c3ccccc3[N+](=O)[O-])cc12. The van der Waals surface area contributed by atoms with Crippen molar-refractivity contribution < 1.29 is 18.1 Å². The molecule has 3 aromatic rings. The van der Waals surface area contributed by atoms with Gasteiger partial charge in [-0.3, -0.25) is 14.9 Å². The van der Waals surface area contributed by atoms with Crippen molar-refractivity contribution in [2.75, 3.05) is 13.2 Å². The zero-order chi connectivity index (χ0) is 23.8. The molecule has 0 bridgehead atoms. The Morgan fingerprint density at radius 2 is 1.91 bits per heavy atom. The Bertz CT molecular complexity index is 1380. The topological polar surface area (TPSA) is 123 Å². The number of aryl methyl sites for hydroxylation is 2. The molecule has 1 aromatic heterocycles. The van der Waals surface area contributed by atoms with Crippen LogP contribution in [-0.4, -0.2) is 41.9 Å². The van der Waals surface area contributed by atoms with E-state index in [0.29, 0.717) is 18.5 Å². The number of sulfonamides is 1. The van der Waals surface area contributed by atoms with E-state index in [-0.39, 0.29) is 24.8 Å². The Morgan fingerprint density at radius 3 is 2.61 bits per heavy atom. The number of benzene rings is 2. The highest BCUT2D eigenvalue weighted by atomic mass is 32.2. The van der Waals surface area contributed by atoms with E-state index in [2.05, 4.69) is 4.98 Å². The number of nitrogens with one attached hydrogen (secondary N) is 1. The van der Waals surface area contributed by atoms with Crippen LogP contribution in [0, 0.1) is 24.0 Å². The minimum absolute atomic E-state index is 0.00133. The van der Waals surface area contributed by atoms with Crippen molar-refractivity contribution in [2.45, 2.75) is 44.2 Å². The van der Waals surface area contributed by atoms with Crippen LogP contribution in [0.5, 0.6) is 0 Å². The van der Waals surface area contributed by atoms with Gasteiger partial charge >= 0.3 is 0 Å². The Balaban J connectivity index is 1.81. The summed E-state index contributed by atoms with van der Waals surface area (Å²) in [5.41, 5.74) is 1.91. The largest absolute Gasteiger partial charge is 0.377 e. The van der Waals surface area contributed by atoms with E-state index in [1.165, 1.54) is 18.2 Å². The highest BCUT2D eigenvalue weighted by Gasteiger charge is 2.34. The second kappa shape index (κ2) is 9.05. The highest BCUT2D eigenvalue weighted by Crippen LogP contribution is 2.29. The molecular formula is C23H25N3O6S. The molecule has 0 amide bonds. The van der Waals surface area contributed by atoms with Gasteiger partial charge in [-0.15, -0.1) is 0 Å². The quantitative estimate of drug-likeness (QED) is 0.416. The zero-order valence-corrected chi connectivity index (χ0v) is 19.2. The number of pyridine rings is 1. The number of nitro benzene ring substituents is 1. The number of nitrogens with zero attached hydrogens (tertiary/aromatic N) is 2. The van der Waals surface area contributed by atoms with Crippen LogP contribution < -0.4 is 5.56 Å². The third-order valence-electron chi connectivity index (χ3n) is 5.98. The van der Waals surface area contributed by atoms with Crippen molar-refractivity contribution in [3.05, 3.63) is 79.6 Å². The lowest BCUT2D eigenvalue weighted by atomic mass is 10.0. The first-order valence-corrected chi connectivity index (χ1v) is 12.1. The number of fused-ring (bicyclic) bond motifs is 1. The van der Waals surface area contributed by atoms with Crippen LogP contribution in [0.1, 0.15) is 29.5 Å². The van der Waals surface area contributed by atoms with Crippen LogP contribution in [-0.2, 0) is 21.3 Å². The fourth-order valence-electron chi connectivity index (χ4n) is 4.15. The predicted octanol–water partition coefficient (Wildman–Crippen LogP) is 3.42. The first-order chi connectivity index (χ1) is 15.7. The molecule has 0 unspecified atom stereocenters. The predicted molar refractivity (Wildman–Crippen MR) is 124 cm³/mol. The van der Waals surface area contributed by atoms with E-state index < -0.39 is 31.1 Å². The third kappa shape index (κ3) is 4.54. The van der Waals surface area contributed by atoms with Gasteiger partial charge in [-0.2, -0.15) is 4.31 Å². The molecule has 1 saturated heterocycles. The van der Waals surface area contributed by atoms with Gasteiger partial charge in [0.1, 0.15) is 0 Å². The van der Waals surface area contributed by atoms with Gasteiger partial charge in [-0.25, -0.2) is 8.42 Å². The van der Waals surface area contributed by atoms with Crippen molar-refractivity contribution in [3.63, 3.8) is 0 Å². The van der Waals surface area contributed by atoms with Crippen LogP contribution in [0.3, 0.4) is 0 Å². The standard InChI is InChI=1S/C23H25N3O6S/c1-15-9-10-16(2)22-19(15)12-17(23(27)24-22)13-25(14-18-6-5-11-32-18)33(30,31)21-8-4-3-7-20(21)26(28)29/h3-4,7-10,12,18H,5-6,11,13-14H2,1-2H3,(H,24,27)/t18-/m1/s1. The molecule has 1 aliphatic rings. The average molecular weight is 472 g/mol. The number of aromatic nitrogens is 1. The number of ether oxygens (including phenoxy) is 1. The van der Waals surface area contributed by atoms with Crippen LogP contribution >= 0.6 is 0 Å². The molecule has 0 spiro atoms. The number of nitro groups is 1. The minimum Gasteiger partial charge on any atom is -0.377 e. The second-order valence-electron chi connectivity index (χ2n) is 8.27. The second-order valence-corrected chi connectivity index (χ2v) is 10.2. The molecule has 0 radical (unpaired) electrons. The van der Waals surface area contributed by atoms with Gasteiger partial charge in [-0.05, 0) is 49.9 Å². The molecule has 4 rings (SSSR count). The number of aromatic amines is 1. The number of hydrogen-bond acceptors (Lipinski definition) is 6. The molecule has 0 saturated carbocycles. The summed E-state index contributed by atoms with van der Waals surface area (Å²) in [7, 11) is -4.29.